The smallest absolute Gasteiger partial charge is 0.0571 e. The van der Waals surface area contributed by atoms with E-state index in [2.05, 4.69) is 12.7 Å². The SMILES string of the molecule is C=C/C=C\C(=N)C1=CC=CCC1. The molecule has 12 heavy (non-hydrogen) atoms. The fourth-order valence-corrected chi connectivity index (χ4v) is 1.10. The first kappa shape index (κ1) is 8.72. The molecule has 0 unspecified atom stereocenters. The first-order valence-corrected chi connectivity index (χ1v) is 4.08. The highest BCUT2D eigenvalue weighted by Gasteiger charge is 2.01. The van der Waals surface area contributed by atoms with Crippen molar-refractivity contribution in [3.63, 3.8) is 0 Å². The van der Waals surface area contributed by atoms with Crippen LogP contribution in [0.5, 0.6) is 0 Å². The minimum Gasteiger partial charge on any atom is -0.301 e. The van der Waals surface area contributed by atoms with Gasteiger partial charge < -0.3 is 5.41 Å². The zero-order valence-corrected chi connectivity index (χ0v) is 7.09. The number of allylic oxidation sites excluding steroid dienone is 7. The molecule has 62 valence electrons. The molecule has 1 nitrogen and oxygen atoms in total. The van der Waals surface area contributed by atoms with Crippen molar-refractivity contribution in [3.8, 4) is 0 Å². The van der Waals surface area contributed by atoms with Gasteiger partial charge in [0.2, 0.25) is 0 Å². The Hall–Kier alpha value is -1.37. The van der Waals surface area contributed by atoms with Crippen LogP contribution in [0.2, 0.25) is 0 Å². The molecule has 0 atom stereocenters. The molecule has 0 aromatic rings. The van der Waals surface area contributed by atoms with Crippen LogP contribution in [-0.4, -0.2) is 5.71 Å². The zero-order valence-electron chi connectivity index (χ0n) is 7.09. The summed E-state index contributed by atoms with van der Waals surface area (Å²) >= 11 is 0. The maximum atomic E-state index is 7.65. The second kappa shape index (κ2) is 4.50. The predicted molar refractivity (Wildman–Crippen MR) is 53.5 cm³/mol. The largest absolute Gasteiger partial charge is 0.301 e. The van der Waals surface area contributed by atoms with E-state index in [1.807, 2.05) is 12.2 Å². The van der Waals surface area contributed by atoms with Crippen molar-refractivity contribution in [2.45, 2.75) is 12.8 Å². The van der Waals surface area contributed by atoms with Crippen molar-refractivity contribution in [1.82, 2.24) is 0 Å². The van der Waals surface area contributed by atoms with Crippen molar-refractivity contribution in [1.29, 1.82) is 5.41 Å². The van der Waals surface area contributed by atoms with Crippen molar-refractivity contribution >= 4 is 5.71 Å². The maximum Gasteiger partial charge on any atom is 0.0571 e. The van der Waals surface area contributed by atoms with Crippen LogP contribution < -0.4 is 0 Å². The molecular weight excluding hydrogens is 146 g/mol. The summed E-state index contributed by atoms with van der Waals surface area (Å²) in [6, 6.07) is 0. The molecule has 1 aliphatic carbocycles. The van der Waals surface area contributed by atoms with Gasteiger partial charge in [-0.2, -0.15) is 0 Å². The molecule has 1 N–H and O–H groups in total. The Bertz CT molecular complexity index is 267. The molecule has 0 saturated heterocycles. The van der Waals surface area contributed by atoms with Gasteiger partial charge in [-0.3, -0.25) is 0 Å². The van der Waals surface area contributed by atoms with Crippen molar-refractivity contribution < 1.29 is 0 Å². The first-order chi connectivity index (χ1) is 5.84. The summed E-state index contributed by atoms with van der Waals surface area (Å²) in [5.74, 6) is 0. The third-order valence-corrected chi connectivity index (χ3v) is 1.76. The molecule has 0 fully saturated rings. The molecule has 0 saturated carbocycles. The average molecular weight is 159 g/mol. The molecule has 1 heteroatoms. The molecule has 0 bridgehead atoms. The van der Waals surface area contributed by atoms with Crippen LogP contribution in [0.25, 0.3) is 0 Å². The number of rotatable bonds is 3. The van der Waals surface area contributed by atoms with Crippen LogP contribution in [0.3, 0.4) is 0 Å². The maximum absolute atomic E-state index is 7.65. The average Bonchev–Trinajstić information content (AvgIpc) is 2.15. The Morgan fingerprint density at radius 2 is 2.42 bits per heavy atom. The molecule has 0 spiro atoms. The third kappa shape index (κ3) is 2.35. The lowest BCUT2D eigenvalue weighted by Gasteiger charge is -2.06. The molecule has 0 aromatic carbocycles. The fraction of sp³-hybridized carbons (Fsp3) is 0.182. The Morgan fingerprint density at radius 1 is 1.58 bits per heavy atom. The van der Waals surface area contributed by atoms with Crippen molar-refractivity contribution in [2.24, 2.45) is 0 Å². The van der Waals surface area contributed by atoms with E-state index in [9.17, 15) is 0 Å². The summed E-state index contributed by atoms with van der Waals surface area (Å²) in [6.45, 7) is 3.56. The third-order valence-electron chi connectivity index (χ3n) is 1.76. The van der Waals surface area contributed by atoms with Gasteiger partial charge in [0.25, 0.3) is 0 Å². The van der Waals surface area contributed by atoms with Gasteiger partial charge in [-0.05, 0) is 24.5 Å². The monoisotopic (exact) mass is 159 g/mol. The summed E-state index contributed by atoms with van der Waals surface area (Å²) < 4.78 is 0. The summed E-state index contributed by atoms with van der Waals surface area (Å²) in [7, 11) is 0. The van der Waals surface area contributed by atoms with Crippen molar-refractivity contribution in [3.05, 3.63) is 48.6 Å². The van der Waals surface area contributed by atoms with Gasteiger partial charge in [-0.15, -0.1) is 0 Å². The number of hydrogen-bond donors (Lipinski definition) is 1. The molecule has 0 amide bonds. The van der Waals surface area contributed by atoms with Gasteiger partial charge >= 0.3 is 0 Å². The quantitative estimate of drug-likeness (QED) is 0.483. The van der Waals surface area contributed by atoms with E-state index in [1.165, 1.54) is 0 Å². The number of hydrogen-bond acceptors (Lipinski definition) is 1. The van der Waals surface area contributed by atoms with E-state index in [4.69, 9.17) is 5.41 Å². The minimum atomic E-state index is 0.597. The highest BCUT2D eigenvalue weighted by molar-refractivity contribution is 6.06. The van der Waals surface area contributed by atoms with Gasteiger partial charge in [0.15, 0.2) is 0 Å². The number of nitrogens with one attached hydrogen (secondary N) is 1. The molecule has 0 radical (unpaired) electrons. The van der Waals surface area contributed by atoms with E-state index in [-0.39, 0.29) is 0 Å². The van der Waals surface area contributed by atoms with E-state index in [1.54, 1.807) is 18.2 Å². The minimum absolute atomic E-state index is 0.597. The van der Waals surface area contributed by atoms with Gasteiger partial charge in [0.1, 0.15) is 0 Å². The van der Waals surface area contributed by atoms with Gasteiger partial charge in [0.05, 0.1) is 5.71 Å². The summed E-state index contributed by atoms with van der Waals surface area (Å²) in [4.78, 5) is 0. The molecule has 1 rings (SSSR count). The molecule has 0 aliphatic heterocycles. The highest BCUT2D eigenvalue weighted by Crippen LogP contribution is 2.13. The zero-order chi connectivity index (χ0) is 8.81. The van der Waals surface area contributed by atoms with Crippen LogP contribution in [0.15, 0.2) is 48.6 Å². The van der Waals surface area contributed by atoms with E-state index in [0.717, 1.165) is 18.4 Å². The summed E-state index contributed by atoms with van der Waals surface area (Å²) in [6.07, 6.45) is 13.4. The highest BCUT2D eigenvalue weighted by atomic mass is 14.4. The molecular formula is C11H13N. The van der Waals surface area contributed by atoms with E-state index < -0.39 is 0 Å². The second-order valence-electron chi connectivity index (χ2n) is 2.67. The summed E-state index contributed by atoms with van der Waals surface area (Å²) in [5.41, 5.74) is 1.70. The standard InChI is InChI=1S/C11H13N/c1-2-3-9-11(12)10-7-5-4-6-8-10/h2-5,7,9,12H,1,6,8H2/b9-3-,12-11?. The lowest BCUT2D eigenvalue weighted by Crippen LogP contribution is -1.98. The Labute approximate surface area is 73.3 Å². The van der Waals surface area contributed by atoms with Gasteiger partial charge in [-0.1, -0.05) is 37.0 Å². The lowest BCUT2D eigenvalue weighted by atomic mass is 10.0. The molecule has 0 heterocycles. The second-order valence-corrected chi connectivity index (χ2v) is 2.67. The Balaban J connectivity index is 2.63. The van der Waals surface area contributed by atoms with Gasteiger partial charge in [-0.25, -0.2) is 0 Å². The van der Waals surface area contributed by atoms with Crippen LogP contribution >= 0.6 is 0 Å². The van der Waals surface area contributed by atoms with Crippen LogP contribution in [-0.2, 0) is 0 Å². The molecule has 0 aromatic heterocycles. The van der Waals surface area contributed by atoms with Crippen LogP contribution in [0.4, 0.5) is 0 Å². The lowest BCUT2D eigenvalue weighted by molar-refractivity contribution is 1.00. The Morgan fingerprint density at radius 3 is 3.00 bits per heavy atom. The topological polar surface area (TPSA) is 23.9 Å². The van der Waals surface area contributed by atoms with Gasteiger partial charge in [0, 0.05) is 0 Å². The van der Waals surface area contributed by atoms with E-state index in [0.29, 0.717) is 5.71 Å². The predicted octanol–water partition coefficient (Wildman–Crippen LogP) is 3.02. The fourth-order valence-electron chi connectivity index (χ4n) is 1.10. The van der Waals surface area contributed by atoms with Crippen LogP contribution in [0.1, 0.15) is 12.8 Å². The molecule has 1 aliphatic rings. The van der Waals surface area contributed by atoms with E-state index >= 15 is 0 Å². The normalized spacial score (nSPS) is 16.2. The van der Waals surface area contributed by atoms with Crippen molar-refractivity contribution in [2.75, 3.05) is 0 Å². The first-order valence-electron chi connectivity index (χ1n) is 4.08. The Kier molecular flexibility index (Phi) is 3.27. The summed E-state index contributed by atoms with van der Waals surface area (Å²) in [5, 5.41) is 7.65. The van der Waals surface area contributed by atoms with Crippen LogP contribution in [0, 0.1) is 5.41 Å².